The van der Waals surface area contributed by atoms with E-state index in [1.807, 2.05) is 54.6 Å². The molecule has 0 atom stereocenters. The van der Waals surface area contributed by atoms with Crippen LogP contribution in [0.2, 0.25) is 5.02 Å². The standard InChI is InChI=1S/C21H20ClN3O3/c22-17-6-8-18(9-7-17)24-10-12-25(13-11-24)21(26)19-14-20(23-28-19)27-15-16-4-2-1-3-5-16/h1-9,14H,10-13,15H2. The van der Waals surface area contributed by atoms with Gasteiger partial charge in [-0.25, -0.2) is 0 Å². The first-order valence-corrected chi connectivity index (χ1v) is 9.50. The second-order valence-electron chi connectivity index (χ2n) is 6.56. The zero-order valence-electron chi connectivity index (χ0n) is 15.3. The Morgan fingerprint density at radius 1 is 1.04 bits per heavy atom. The molecule has 28 heavy (non-hydrogen) atoms. The molecule has 0 saturated carbocycles. The fourth-order valence-electron chi connectivity index (χ4n) is 3.13. The van der Waals surface area contributed by atoms with Crippen LogP contribution < -0.4 is 9.64 Å². The summed E-state index contributed by atoms with van der Waals surface area (Å²) in [6.07, 6.45) is 0. The van der Waals surface area contributed by atoms with Crippen LogP contribution >= 0.6 is 11.6 Å². The molecule has 4 rings (SSSR count). The maximum atomic E-state index is 12.7. The number of rotatable bonds is 5. The molecule has 0 N–H and O–H groups in total. The molecule has 0 unspecified atom stereocenters. The summed E-state index contributed by atoms with van der Waals surface area (Å²) in [6, 6.07) is 19.1. The first-order valence-electron chi connectivity index (χ1n) is 9.12. The van der Waals surface area contributed by atoms with Gasteiger partial charge in [-0.05, 0) is 35.0 Å². The Hall–Kier alpha value is -2.99. The minimum atomic E-state index is -0.169. The Morgan fingerprint density at radius 3 is 2.46 bits per heavy atom. The third kappa shape index (κ3) is 4.28. The van der Waals surface area contributed by atoms with Crippen LogP contribution in [0, 0.1) is 0 Å². The summed E-state index contributed by atoms with van der Waals surface area (Å²) < 4.78 is 10.8. The lowest BCUT2D eigenvalue weighted by Gasteiger charge is -2.35. The van der Waals surface area contributed by atoms with Crippen LogP contribution in [-0.2, 0) is 6.61 Å². The quantitative estimate of drug-likeness (QED) is 0.654. The van der Waals surface area contributed by atoms with E-state index in [2.05, 4.69) is 10.1 Å². The van der Waals surface area contributed by atoms with Gasteiger partial charge in [0.15, 0.2) is 0 Å². The lowest BCUT2D eigenvalue weighted by Crippen LogP contribution is -2.48. The number of benzene rings is 2. The molecule has 2 heterocycles. The Balaban J connectivity index is 1.31. The number of ether oxygens (including phenoxy) is 1. The van der Waals surface area contributed by atoms with Crippen LogP contribution in [-0.4, -0.2) is 42.1 Å². The number of halogens is 1. The van der Waals surface area contributed by atoms with Crippen molar-refractivity contribution in [3.8, 4) is 5.88 Å². The molecule has 2 aromatic carbocycles. The van der Waals surface area contributed by atoms with E-state index in [0.29, 0.717) is 30.6 Å². The van der Waals surface area contributed by atoms with Gasteiger partial charge in [0.1, 0.15) is 6.61 Å². The van der Waals surface area contributed by atoms with Crippen molar-refractivity contribution in [1.82, 2.24) is 10.1 Å². The number of nitrogens with zero attached hydrogens (tertiary/aromatic N) is 3. The molecule has 6 nitrogen and oxygen atoms in total. The number of aromatic nitrogens is 1. The van der Waals surface area contributed by atoms with Crippen molar-refractivity contribution in [2.75, 3.05) is 31.1 Å². The summed E-state index contributed by atoms with van der Waals surface area (Å²) in [7, 11) is 0. The molecule has 1 fully saturated rings. The molecular weight excluding hydrogens is 378 g/mol. The van der Waals surface area contributed by atoms with Crippen LogP contribution in [0.1, 0.15) is 16.1 Å². The zero-order valence-corrected chi connectivity index (χ0v) is 16.0. The predicted octanol–water partition coefficient (Wildman–Crippen LogP) is 3.87. The normalized spacial score (nSPS) is 14.2. The van der Waals surface area contributed by atoms with Crippen molar-refractivity contribution < 1.29 is 14.1 Å². The summed E-state index contributed by atoms with van der Waals surface area (Å²) in [5.41, 5.74) is 2.13. The van der Waals surface area contributed by atoms with Crippen LogP contribution in [0.4, 0.5) is 5.69 Å². The highest BCUT2D eigenvalue weighted by atomic mass is 35.5. The lowest BCUT2D eigenvalue weighted by atomic mass is 10.2. The minimum absolute atomic E-state index is 0.169. The molecule has 0 spiro atoms. The Morgan fingerprint density at radius 2 is 1.75 bits per heavy atom. The lowest BCUT2D eigenvalue weighted by molar-refractivity contribution is 0.0704. The highest BCUT2D eigenvalue weighted by Crippen LogP contribution is 2.21. The monoisotopic (exact) mass is 397 g/mol. The summed E-state index contributed by atoms with van der Waals surface area (Å²) >= 11 is 5.94. The molecule has 1 saturated heterocycles. The summed E-state index contributed by atoms with van der Waals surface area (Å²) in [5, 5.41) is 4.57. The Bertz CT molecular complexity index is 920. The van der Waals surface area contributed by atoms with Crippen LogP contribution in [0.15, 0.2) is 65.2 Å². The summed E-state index contributed by atoms with van der Waals surface area (Å²) in [6.45, 7) is 3.10. The predicted molar refractivity (Wildman–Crippen MR) is 107 cm³/mol. The van der Waals surface area contributed by atoms with Crippen molar-refractivity contribution in [3.63, 3.8) is 0 Å². The number of carbonyl (C=O) groups is 1. The number of carbonyl (C=O) groups excluding carboxylic acids is 1. The van der Waals surface area contributed by atoms with E-state index < -0.39 is 0 Å². The van der Waals surface area contributed by atoms with Gasteiger partial charge >= 0.3 is 0 Å². The molecule has 3 aromatic rings. The molecule has 0 aliphatic carbocycles. The van der Waals surface area contributed by atoms with Gasteiger partial charge in [0, 0.05) is 36.9 Å². The van der Waals surface area contributed by atoms with Gasteiger partial charge in [0.2, 0.25) is 5.76 Å². The maximum Gasteiger partial charge on any atom is 0.292 e. The second-order valence-corrected chi connectivity index (χ2v) is 7.00. The van der Waals surface area contributed by atoms with E-state index in [9.17, 15) is 4.79 Å². The van der Waals surface area contributed by atoms with Crippen molar-refractivity contribution in [2.24, 2.45) is 0 Å². The van der Waals surface area contributed by atoms with Crippen LogP contribution in [0.5, 0.6) is 5.88 Å². The topological polar surface area (TPSA) is 58.8 Å². The third-order valence-corrected chi connectivity index (χ3v) is 4.94. The highest BCUT2D eigenvalue weighted by molar-refractivity contribution is 6.30. The first-order chi connectivity index (χ1) is 13.7. The molecule has 7 heteroatoms. The molecular formula is C21H20ClN3O3. The number of anilines is 1. The summed E-state index contributed by atoms with van der Waals surface area (Å²) in [4.78, 5) is 16.7. The van der Waals surface area contributed by atoms with Crippen molar-refractivity contribution in [1.29, 1.82) is 0 Å². The van der Waals surface area contributed by atoms with E-state index in [-0.39, 0.29) is 11.7 Å². The molecule has 144 valence electrons. The molecule has 1 aliphatic heterocycles. The number of piperazine rings is 1. The third-order valence-electron chi connectivity index (χ3n) is 4.69. The summed E-state index contributed by atoms with van der Waals surface area (Å²) in [5.74, 6) is 0.341. The molecule has 1 aliphatic rings. The molecule has 0 bridgehead atoms. The molecule has 0 radical (unpaired) electrons. The highest BCUT2D eigenvalue weighted by Gasteiger charge is 2.25. The first kappa shape index (κ1) is 18.4. The van der Waals surface area contributed by atoms with Gasteiger partial charge in [-0.15, -0.1) is 0 Å². The number of hydrogen-bond acceptors (Lipinski definition) is 5. The van der Waals surface area contributed by atoms with Gasteiger partial charge in [0.05, 0.1) is 6.07 Å². The number of hydrogen-bond donors (Lipinski definition) is 0. The van der Waals surface area contributed by atoms with Crippen LogP contribution in [0.25, 0.3) is 0 Å². The average Bonchev–Trinajstić information content (AvgIpc) is 3.22. The van der Waals surface area contributed by atoms with Gasteiger partial charge in [-0.1, -0.05) is 41.9 Å². The van der Waals surface area contributed by atoms with Gasteiger partial charge < -0.3 is 19.1 Å². The van der Waals surface area contributed by atoms with Crippen molar-refractivity contribution in [2.45, 2.75) is 6.61 Å². The maximum absolute atomic E-state index is 12.7. The van der Waals surface area contributed by atoms with E-state index in [0.717, 1.165) is 24.3 Å². The minimum Gasteiger partial charge on any atom is -0.471 e. The van der Waals surface area contributed by atoms with E-state index >= 15 is 0 Å². The average molecular weight is 398 g/mol. The molecule has 1 amide bonds. The second kappa shape index (κ2) is 8.35. The zero-order chi connectivity index (χ0) is 19.3. The molecule has 1 aromatic heterocycles. The van der Waals surface area contributed by atoms with E-state index in [1.54, 1.807) is 11.0 Å². The Labute approximate surface area is 168 Å². The number of amides is 1. The van der Waals surface area contributed by atoms with E-state index in [1.165, 1.54) is 0 Å². The van der Waals surface area contributed by atoms with Gasteiger partial charge in [0.25, 0.3) is 11.8 Å². The van der Waals surface area contributed by atoms with E-state index in [4.69, 9.17) is 20.9 Å². The SMILES string of the molecule is O=C(c1cc(OCc2ccccc2)no1)N1CCN(c2ccc(Cl)cc2)CC1. The van der Waals surface area contributed by atoms with Gasteiger partial charge in [-0.2, -0.15) is 0 Å². The smallest absolute Gasteiger partial charge is 0.292 e. The fourth-order valence-corrected chi connectivity index (χ4v) is 3.26. The largest absolute Gasteiger partial charge is 0.471 e. The van der Waals surface area contributed by atoms with Gasteiger partial charge in [-0.3, -0.25) is 4.79 Å². The van der Waals surface area contributed by atoms with Crippen LogP contribution in [0.3, 0.4) is 0 Å². The van der Waals surface area contributed by atoms with Crippen molar-refractivity contribution >= 4 is 23.2 Å². The Kier molecular flexibility index (Phi) is 5.48. The van der Waals surface area contributed by atoms with Crippen molar-refractivity contribution in [3.05, 3.63) is 77.0 Å². The fraction of sp³-hybridized carbons (Fsp3) is 0.238.